The topological polar surface area (TPSA) is 96.0 Å². The zero-order valence-electron chi connectivity index (χ0n) is 21.5. The van der Waals surface area contributed by atoms with Crippen molar-refractivity contribution in [3.63, 3.8) is 0 Å². The highest BCUT2D eigenvalue weighted by Crippen LogP contribution is 2.32. The Kier molecular flexibility index (Phi) is 8.64. The fourth-order valence-electron chi connectivity index (χ4n) is 4.06. The SMILES string of the molecule is COc1cc(CC(=O)c2cccc(C(=O)c3ccccc3)c2)c(C(=O)COC(=O)c2ccccc2)cc1OC. The summed E-state index contributed by atoms with van der Waals surface area (Å²) in [5, 5.41) is 0. The van der Waals surface area contributed by atoms with Crippen LogP contribution in [0.15, 0.2) is 97.1 Å². The van der Waals surface area contributed by atoms with Crippen molar-refractivity contribution in [2.45, 2.75) is 6.42 Å². The van der Waals surface area contributed by atoms with E-state index in [4.69, 9.17) is 14.2 Å². The number of carbonyl (C=O) groups excluding carboxylic acids is 4. The van der Waals surface area contributed by atoms with Crippen molar-refractivity contribution < 1.29 is 33.4 Å². The Balaban J connectivity index is 1.58. The highest BCUT2D eigenvalue weighted by atomic mass is 16.5. The molecule has 7 nitrogen and oxygen atoms in total. The highest BCUT2D eigenvalue weighted by Gasteiger charge is 2.21. The lowest BCUT2D eigenvalue weighted by atomic mass is 9.94. The van der Waals surface area contributed by atoms with Gasteiger partial charge in [-0.15, -0.1) is 0 Å². The van der Waals surface area contributed by atoms with Crippen LogP contribution in [0.3, 0.4) is 0 Å². The standard InChI is InChI=1S/C32H26O7/c1-37-29-18-25(17-27(33)23-14-9-15-24(16-23)31(35)21-10-5-3-6-11-21)26(19-30(29)38-2)28(34)20-39-32(36)22-12-7-4-8-13-22/h3-16,18-19H,17,20H2,1-2H3. The number of Topliss-reactive ketones (excluding diaryl/α,β-unsaturated/α-hetero) is 2. The van der Waals surface area contributed by atoms with Crippen molar-refractivity contribution in [2.24, 2.45) is 0 Å². The van der Waals surface area contributed by atoms with Crippen LogP contribution in [0.1, 0.15) is 52.6 Å². The lowest BCUT2D eigenvalue weighted by Gasteiger charge is -2.14. The molecule has 0 bridgehead atoms. The molecule has 4 aromatic carbocycles. The molecule has 196 valence electrons. The third-order valence-corrected chi connectivity index (χ3v) is 6.09. The van der Waals surface area contributed by atoms with Gasteiger partial charge in [0.2, 0.25) is 5.78 Å². The van der Waals surface area contributed by atoms with Crippen molar-refractivity contribution >= 4 is 23.3 Å². The molecule has 0 fully saturated rings. The maximum Gasteiger partial charge on any atom is 0.338 e. The van der Waals surface area contributed by atoms with Gasteiger partial charge in [-0.05, 0) is 35.9 Å². The van der Waals surface area contributed by atoms with Crippen LogP contribution in [0.5, 0.6) is 11.5 Å². The predicted octanol–water partition coefficient (Wildman–Crippen LogP) is 5.40. The van der Waals surface area contributed by atoms with Gasteiger partial charge in [-0.1, -0.05) is 66.7 Å². The van der Waals surface area contributed by atoms with E-state index in [1.165, 1.54) is 20.3 Å². The zero-order chi connectivity index (χ0) is 27.8. The van der Waals surface area contributed by atoms with Gasteiger partial charge in [0.25, 0.3) is 0 Å². The summed E-state index contributed by atoms with van der Waals surface area (Å²) in [7, 11) is 2.88. The van der Waals surface area contributed by atoms with Crippen LogP contribution in [-0.2, 0) is 11.2 Å². The van der Waals surface area contributed by atoms with Gasteiger partial charge in [0.1, 0.15) is 0 Å². The average Bonchev–Trinajstić information content (AvgIpc) is 2.99. The van der Waals surface area contributed by atoms with E-state index < -0.39 is 18.4 Å². The molecule has 0 aliphatic heterocycles. The minimum absolute atomic E-state index is 0.156. The van der Waals surface area contributed by atoms with Crippen LogP contribution in [0.25, 0.3) is 0 Å². The third kappa shape index (κ3) is 6.45. The third-order valence-electron chi connectivity index (χ3n) is 6.09. The molecule has 4 rings (SSSR count). The van der Waals surface area contributed by atoms with E-state index in [2.05, 4.69) is 0 Å². The molecule has 0 radical (unpaired) electrons. The fraction of sp³-hybridized carbons (Fsp3) is 0.125. The summed E-state index contributed by atoms with van der Waals surface area (Å²) in [5.74, 6) is -1.02. The summed E-state index contributed by atoms with van der Waals surface area (Å²) >= 11 is 0. The van der Waals surface area contributed by atoms with Gasteiger partial charge in [0.15, 0.2) is 29.7 Å². The molecule has 0 saturated heterocycles. The van der Waals surface area contributed by atoms with E-state index in [-0.39, 0.29) is 23.6 Å². The second-order valence-electron chi connectivity index (χ2n) is 8.61. The van der Waals surface area contributed by atoms with E-state index in [1.54, 1.807) is 84.9 Å². The first-order valence-electron chi connectivity index (χ1n) is 12.1. The van der Waals surface area contributed by atoms with Gasteiger partial charge >= 0.3 is 5.97 Å². The second kappa shape index (κ2) is 12.5. The van der Waals surface area contributed by atoms with Crippen molar-refractivity contribution in [1.82, 2.24) is 0 Å². The molecule has 0 saturated carbocycles. The van der Waals surface area contributed by atoms with Gasteiger partial charge in [0.05, 0.1) is 19.8 Å². The number of carbonyl (C=O) groups is 4. The molecule has 0 aliphatic carbocycles. The molecule has 0 unspecified atom stereocenters. The molecule has 0 atom stereocenters. The first-order valence-corrected chi connectivity index (χ1v) is 12.1. The van der Waals surface area contributed by atoms with Gasteiger partial charge in [-0.2, -0.15) is 0 Å². The molecule has 0 heterocycles. The number of rotatable bonds is 11. The van der Waals surface area contributed by atoms with Gasteiger partial charge in [-0.25, -0.2) is 4.79 Å². The zero-order valence-corrected chi connectivity index (χ0v) is 21.5. The minimum Gasteiger partial charge on any atom is -0.493 e. The largest absolute Gasteiger partial charge is 0.493 e. The molecule has 0 aromatic heterocycles. The lowest BCUT2D eigenvalue weighted by molar-refractivity contribution is 0.0474. The van der Waals surface area contributed by atoms with Crippen LogP contribution in [0.4, 0.5) is 0 Å². The summed E-state index contributed by atoms with van der Waals surface area (Å²) < 4.78 is 15.9. The van der Waals surface area contributed by atoms with Gasteiger partial charge in [-0.3, -0.25) is 14.4 Å². The molecular formula is C32H26O7. The van der Waals surface area contributed by atoms with Crippen molar-refractivity contribution in [1.29, 1.82) is 0 Å². The molecule has 4 aromatic rings. The van der Waals surface area contributed by atoms with Gasteiger partial charge in [0, 0.05) is 28.7 Å². The monoisotopic (exact) mass is 522 g/mol. The molecule has 39 heavy (non-hydrogen) atoms. The maximum absolute atomic E-state index is 13.3. The number of ketones is 3. The van der Waals surface area contributed by atoms with Crippen molar-refractivity contribution in [3.05, 3.63) is 130 Å². The van der Waals surface area contributed by atoms with Crippen LogP contribution in [0, 0.1) is 0 Å². The number of hydrogen-bond donors (Lipinski definition) is 0. The fourth-order valence-corrected chi connectivity index (χ4v) is 4.06. The predicted molar refractivity (Wildman–Crippen MR) is 145 cm³/mol. The Hall–Kier alpha value is -5.04. The summed E-state index contributed by atoms with van der Waals surface area (Å²) in [6.07, 6.45) is -0.156. The van der Waals surface area contributed by atoms with E-state index in [1.807, 2.05) is 6.07 Å². The second-order valence-corrected chi connectivity index (χ2v) is 8.61. The summed E-state index contributed by atoms with van der Waals surface area (Å²) in [4.78, 5) is 51.7. The summed E-state index contributed by atoms with van der Waals surface area (Å²) in [6.45, 7) is -0.522. The van der Waals surface area contributed by atoms with Crippen molar-refractivity contribution in [2.75, 3.05) is 20.8 Å². The number of ether oxygens (including phenoxy) is 3. The van der Waals surface area contributed by atoms with Crippen LogP contribution >= 0.6 is 0 Å². The molecule has 0 spiro atoms. The highest BCUT2D eigenvalue weighted by molar-refractivity contribution is 6.10. The Morgan fingerprint density at radius 3 is 1.79 bits per heavy atom. The molecule has 7 heteroatoms. The van der Waals surface area contributed by atoms with E-state index in [0.717, 1.165) is 0 Å². The summed E-state index contributed by atoms with van der Waals surface area (Å²) in [5.41, 5.74) is 2.07. The molecule has 0 amide bonds. The van der Waals surface area contributed by atoms with E-state index in [0.29, 0.717) is 39.3 Å². The molecule has 0 N–H and O–H groups in total. The smallest absolute Gasteiger partial charge is 0.338 e. The van der Waals surface area contributed by atoms with E-state index in [9.17, 15) is 19.2 Å². The molecular weight excluding hydrogens is 496 g/mol. The van der Waals surface area contributed by atoms with E-state index >= 15 is 0 Å². The number of hydrogen-bond acceptors (Lipinski definition) is 7. The Labute approximate surface area is 226 Å². The summed E-state index contributed by atoms with van der Waals surface area (Å²) in [6, 6.07) is 26.6. The minimum atomic E-state index is -0.637. The Morgan fingerprint density at radius 1 is 0.590 bits per heavy atom. The first-order chi connectivity index (χ1) is 18.9. The number of benzene rings is 4. The normalized spacial score (nSPS) is 10.4. The van der Waals surface area contributed by atoms with Crippen LogP contribution in [-0.4, -0.2) is 44.1 Å². The van der Waals surface area contributed by atoms with Gasteiger partial charge < -0.3 is 14.2 Å². The van der Waals surface area contributed by atoms with Crippen LogP contribution < -0.4 is 9.47 Å². The van der Waals surface area contributed by atoms with Crippen LogP contribution in [0.2, 0.25) is 0 Å². The average molecular weight is 523 g/mol. The molecule has 0 aliphatic rings. The number of esters is 1. The number of methoxy groups -OCH3 is 2. The lowest BCUT2D eigenvalue weighted by Crippen LogP contribution is -2.17. The Bertz CT molecular complexity index is 1510. The quantitative estimate of drug-likeness (QED) is 0.192. The maximum atomic E-state index is 13.3. The van der Waals surface area contributed by atoms with Crippen molar-refractivity contribution in [3.8, 4) is 11.5 Å². The first kappa shape index (κ1) is 27.0. The Morgan fingerprint density at radius 2 is 1.15 bits per heavy atom.